The number of rotatable bonds is 9. The first-order valence-electron chi connectivity index (χ1n) is 12.2. The van der Waals surface area contributed by atoms with Crippen molar-refractivity contribution in [3.05, 3.63) is 89.1 Å². The van der Waals surface area contributed by atoms with Crippen molar-refractivity contribution in [3.8, 4) is 11.1 Å². The molecule has 0 aliphatic heterocycles. The fraction of sp³-hybridized carbons (Fsp3) is 0.179. The zero-order chi connectivity index (χ0) is 26.5. The van der Waals surface area contributed by atoms with Crippen molar-refractivity contribution >= 4 is 46.1 Å². The number of halogens is 1. The molecule has 0 spiro atoms. The lowest BCUT2D eigenvalue weighted by Crippen LogP contribution is -2.11. The van der Waals surface area contributed by atoms with Crippen molar-refractivity contribution in [1.82, 2.24) is 24.9 Å². The molecular formula is C28H26ClN7O2. The maximum Gasteiger partial charge on any atom is 0.339 e. The topological polar surface area (TPSA) is 118 Å². The predicted octanol–water partition coefficient (Wildman–Crippen LogP) is 5.95. The summed E-state index contributed by atoms with van der Waals surface area (Å²) in [6, 6.07) is 15.3. The third-order valence-corrected chi connectivity index (χ3v) is 6.28. The van der Waals surface area contributed by atoms with Crippen LogP contribution in [0.3, 0.4) is 0 Å². The summed E-state index contributed by atoms with van der Waals surface area (Å²) in [5.41, 5.74) is 5.41. The Morgan fingerprint density at radius 1 is 1.08 bits per heavy atom. The molecule has 0 fully saturated rings. The zero-order valence-corrected chi connectivity index (χ0v) is 21.7. The molecule has 0 aliphatic rings. The molecule has 192 valence electrons. The highest BCUT2D eigenvalue weighted by atomic mass is 35.5. The number of aryl methyl sites for hydroxylation is 1. The number of ether oxygens (including phenoxy) is 1. The lowest BCUT2D eigenvalue weighted by Gasteiger charge is -2.14. The summed E-state index contributed by atoms with van der Waals surface area (Å²) in [7, 11) is 0. The van der Waals surface area contributed by atoms with Crippen LogP contribution in [0.4, 0.5) is 17.5 Å². The molecule has 3 N–H and O–H groups in total. The molecule has 0 saturated carbocycles. The summed E-state index contributed by atoms with van der Waals surface area (Å²) in [6.45, 7) is 4.55. The van der Waals surface area contributed by atoms with Crippen LogP contribution in [0.2, 0.25) is 5.02 Å². The van der Waals surface area contributed by atoms with Crippen LogP contribution in [0.1, 0.15) is 28.7 Å². The summed E-state index contributed by atoms with van der Waals surface area (Å²) in [4.78, 5) is 33.7. The molecule has 0 atom stereocenters. The second kappa shape index (κ2) is 11.3. The van der Waals surface area contributed by atoms with Gasteiger partial charge in [-0.05, 0) is 49.7 Å². The maximum absolute atomic E-state index is 12.3. The Bertz CT molecular complexity index is 1570. The minimum Gasteiger partial charge on any atom is -0.462 e. The Morgan fingerprint density at radius 3 is 2.76 bits per heavy atom. The Balaban J connectivity index is 1.42. The number of H-pyrrole nitrogens is 1. The largest absolute Gasteiger partial charge is 0.462 e. The number of benzene rings is 2. The molecule has 10 heteroatoms. The van der Waals surface area contributed by atoms with Crippen LogP contribution in [-0.2, 0) is 11.2 Å². The zero-order valence-electron chi connectivity index (χ0n) is 21.0. The highest BCUT2D eigenvalue weighted by Gasteiger charge is 2.14. The van der Waals surface area contributed by atoms with Crippen molar-refractivity contribution in [1.29, 1.82) is 0 Å². The number of para-hydroxylation sites is 2. The highest BCUT2D eigenvalue weighted by molar-refractivity contribution is 6.31. The summed E-state index contributed by atoms with van der Waals surface area (Å²) in [5.74, 6) is 1.42. The average Bonchev–Trinajstić information content (AvgIpc) is 3.34. The summed E-state index contributed by atoms with van der Waals surface area (Å²) in [5, 5.41) is 7.26. The van der Waals surface area contributed by atoms with Crippen LogP contribution >= 0.6 is 11.6 Å². The minimum absolute atomic E-state index is 0.282. The number of esters is 1. The second-order valence-electron chi connectivity index (χ2n) is 8.61. The molecule has 3 heterocycles. The third-order valence-electron chi connectivity index (χ3n) is 5.87. The third kappa shape index (κ3) is 5.73. The normalized spacial score (nSPS) is 10.9. The number of hydrogen-bond donors (Lipinski definition) is 3. The Morgan fingerprint density at radius 2 is 1.95 bits per heavy atom. The Labute approximate surface area is 224 Å². The SMILES string of the molecule is CCOC(=O)c1cncc(-c2cnc(Nc3ccc(C)c(Cl)c3)nc2NCCc2nc3ccccc3[nH]2)c1. The van der Waals surface area contributed by atoms with E-state index < -0.39 is 5.97 Å². The van der Waals surface area contributed by atoms with E-state index in [1.165, 1.54) is 6.20 Å². The summed E-state index contributed by atoms with van der Waals surface area (Å²) >= 11 is 6.29. The van der Waals surface area contributed by atoms with Crippen molar-refractivity contribution < 1.29 is 9.53 Å². The molecule has 9 nitrogen and oxygen atoms in total. The van der Waals surface area contributed by atoms with Gasteiger partial charge < -0.3 is 20.4 Å². The van der Waals surface area contributed by atoms with E-state index in [4.69, 9.17) is 21.3 Å². The van der Waals surface area contributed by atoms with Gasteiger partial charge in [-0.1, -0.05) is 29.8 Å². The van der Waals surface area contributed by atoms with E-state index in [0.717, 1.165) is 28.1 Å². The van der Waals surface area contributed by atoms with Crippen LogP contribution in [0.15, 0.2) is 67.1 Å². The van der Waals surface area contributed by atoms with E-state index in [2.05, 4.69) is 30.6 Å². The molecule has 5 aromatic rings. The number of pyridine rings is 1. The van der Waals surface area contributed by atoms with Gasteiger partial charge in [-0.15, -0.1) is 0 Å². The average molecular weight is 528 g/mol. The smallest absolute Gasteiger partial charge is 0.339 e. The molecular weight excluding hydrogens is 502 g/mol. The standard InChI is InChI=1S/C28H26ClN7O2/c1-3-38-27(37)19-12-18(14-30-15-19)21-16-32-28(33-20-9-8-17(2)22(29)13-20)36-26(21)31-11-10-25-34-23-6-4-5-7-24(23)35-25/h4-9,12-16H,3,10-11H2,1-2H3,(H,34,35)(H2,31,32,33,36). The number of hydrogen-bond acceptors (Lipinski definition) is 8. The lowest BCUT2D eigenvalue weighted by atomic mass is 10.1. The highest BCUT2D eigenvalue weighted by Crippen LogP contribution is 2.29. The van der Waals surface area contributed by atoms with Crippen molar-refractivity contribution in [2.24, 2.45) is 0 Å². The number of aromatic amines is 1. The summed E-state index contributed by atoms with van der Waals surface area (Å²) in [6.07, 6.45) is 5.49. The van der Waals surface area contributed by atoms with Gasteiger partial charge in [-0.3, -0.25) is 4.98 Å². The molecule has 2 aromatic carbocycles. The van der Waals surface area contributed by atoms with E-state index in [-0.39, 0.29) is 6.61 Å². The van der Waals surface area contributed by atoms with Gasteiger partial charge >= 0.3 is 5.97 Å². The van der Waals surface area contributed by atoms with Gasteiger partial charge in [0.05, 0.1) is 23.2 Å². The van der Waals surface area contributed by atoms with Crippen LogP contribution in [-0.4, -0.2) is 44.0 Å². The predicted molar refractivity (Wildman–Crippen MR) is 149 cm³/mol. The van der Waals surface area contributed by atoms with Gasteiger partial charge in [0.2, 0.25) is 5.95 Å². The summed E-state index contributed by atoms with van der Waals surface area (Å²) < 4.78 is 5.13. The second-order valence-corrected chi connectivity index (χ2v) is 9.01. The molecule has 0 saturated heterocycles. The number of anilines is 3. The quantitative estimate of drug-likeness (QED) is 0.201. The first-order chi connectivity index (χ1) is 18.5. The molecule has 0 aliphatic carbocycles. The number of nitrogens with one attached hydrogen (secondary N) is 3. The van der Waals surface area contributed by atoms with Gasteiger partial charge in [0.1, 0.15) is 11.6 Å². The van der Waals surface area contributed by atoms with E-state index in [1.807, 2.05) is 49.4 Å². The molecule has 0 unspecified atom stereocenters. The molecule has 0 amide bonds. The van der Waals surface area contributed by atoms with Crippen molar-refractivity contribution in [2.45, 2.75) is 20.3 Å². The fourth-order valence-corrected chi connectivity index (χ4v) is 4.10. The van der Waals surface area contributed by atoms with Crippen LogP contribution < -0.4 is 10.6 Å². The van der Waals surface area contributed by atoms with Crippen LogP contribution in [0.5, 0.6) is 0 Å². The Hall–Kier alpha value is -4.50. The molecule has 0 bridgehead atoms. The first-order valence-corrected chi connectivity index (χ1v) is 12.6. The van der Waals surface area contributed by atoms with Crippen molar-refractivity contribution in [3.63, 3.8) is 0 Å². The van der Waals surface area contributed by atoms with Gasteiger partial charge in [0.25, 0.3) is 0 Å². The van der Waals surface area contributed by atoms with Crippen LogP contribution in [0.25, 0.3) is 22.2 Å². The van der Waals surface area contributed by atoms with E-state index >= 15 is 0 Å². The fourth-order valence-electron chi connectivity index (χ4n) is 3.92. The number of carbonyl (C=O) groups is 1. The maximum atomic E-state index is 12.3. The minimum atomic E-state index is -0.434. The van der Waals surface area contributed by atoms with Gasteiger partial charge in [0, 0.05) is 53.4 Å². The molecule has 3 aromatic heterocycles. The molecule has 0 radical (unpaired) electrons. The van der Waals surface area contributed by atoms with Gasteiger partial charge in [-0.25, -0.2) is 14.8 Å². The molecule has 5 rings (SSSR count). The number of aromatic nitrogens is 5. The number of imidazole rings is 1. The lowest BCUT2D eigenvalue weighted by molar-refractivity contribution is 0.0526. The Kier molecular flexibility index (Phi) is 7.46. The number of fused-ring (bicyclic) bond motifs is 1. The van der Waals surface area contributed by atoms with Gasteiger partial charge in [0.15, 0.2) is 0 Å². The van der Waals surface area contributed by atoms with Crippen LogP contribution in [0, 0.1) is 6.92 Å². The van der Waals surface area contributed by atoms with E-state index in [9.17, 15) is 4.79 Å². The molecule has 38 heavy (non-hydrogen) atoms. The monoisotopic (exact) mass is 527 g/mol. The first kappa shape index (κ1) is 25.2. The number of nitrogens with zero attached hydrogens (tertiary/aromatic N) is 4. The van der Waals surface area contributed by atoms with Crippen molar-refractivity contribution in [2.75, 3.05) is 23.8 Å². The van der Waals surface area contributed by atoms with E-state index in [0.29, 0.717) is 46.4 Å². The number of carbonyl (C=O) groups excluding carboxylic acids is 1. The van der Waals surface area contributed by atoms with Gasteiger partial charge in [-0.2, -0.15) is 4.98 Å². The van der Waals surface area contributed by atoms with E-state index in [1.54, 1.807) is 25.4 Å².